The standard InChI is InChI=1S/C12H18BrNO2S/c1-10(14-7-8-17(2,15)16)9-11-3-5-12(13)6-4-11/h3-6,10,14H,7-9H2,1-2H3/t10-/m0/s1. The average molecular weight is 320 g/mol. The molecule has 0 saturated carbocycles. The summed E-state index contributed by atoms with van der Waals surface area (Å²) in [5.41, 5.74) is 1.24. The van der Waals surface area contributed by atoms with Gasteiger partial charge in [0.25, 0.3) is 0 Å². The fraction of sp³-hybridized carbons (Fsp3) is 0.500. The molecule has 1 aromatic carbocycles. The van der Waals surface area contributed by atoms with E-state index in [4.69, 9.17) is 0 Å². The van der Waals surface area contributed by atoms with Gasteiger partial charge < -0.3 is 5.32 Å². The van der Waals surface area contributed by atoms with E-state index in [1.807, 2.05) is 12.1 Å². The van der Waals surface area contributed by atoms with Crippen LogP contribution in [0.5, 0.6) is 0 Å². The maximum Gasteiger partial charge on any atom is 0.148 e. The summed E-state index contributed by atoms with van der Waals surface area (Å²) in [5, 5.41) is 3.21. The molecule has 1 N–H and O–H groups in total. The highest BCUT2D eigenvalue weighted by Crippen LogP contribution is 2.11. The van der Waals surface area contributed by atoms with E-state index in [-0.39, 0.29) is 11.8 Å². The summed E-state index contributed by atoms with van der Waals surface area (Å²) in [7, 11) is -2.87. The molecule has 1 rings (SSSR count). The molecule has 0 unspecified atom stereocenters. The normalized spacial score (nSPS) is 13.6. The number of halogens is 1. The lowest BCUT2D eigenvalue weighted by atomic mass is 10.1. The van der Waals surface area contributed by atoms with Crippen LogP contribution in [-0.4, -0.2) is 33.0 Å². The van der Waals surface area contributed by atoms with Crippen LogP contribution in [-0.2, 0) is 16.3 Å². The Balaban J connectivity index is 2.34. The Morgan fingerprint density at radius 3 is 2.41 bits per heavy atom. The third-order valence-electron chi connectivity index (χ3n) is 2.42. The van der Waals surface area contributed by atoms with Gasteiger partial charge in [0.05, 0.1) is 5.75 Å². The molecule has 3 nitrogen and oxygen atoms in total. The molecule has 0 fully saturated rings. The largest absolute Gasteiger partial charge is 0.313 e. The Morgan fingerprint density at radius 2 is 1.88 bits per heavy atom. The van der Waals surface area contributed by atoms with Crippen molar-refractivity contribution in [3.63, 3.8) is 0 Å². The minimum atomic E-state index is -2.87. The highest BCUT2D eigenvalue weighted by Gasteiger charge is 2.05. The molecule has 1 atom stereocenters. The van der Waals surface area contributed by atoms with Gasteiger partial charge in [-0.2, -0.15) is 0 Å². The molecule has 0 spiro atoms. The van der Waals surface area contributed by atoms with Crippen LogP contribution >= 0.6 is 15.9 Å². The lowest BCUT2D eigenvalue weighted by Crippen LogP contribution is -2.32. The van der Waals surface area contributed by atoms with Gasteiger partial charge in [-0.25, -0.2) is 8.42 Å². The van der Waals surface area contributed by atoms with E-state index in [9.17, 15) is 8.42 Å². The van der Waals surface area contributed by atoms with Crippen molar-refractivity contribution in [1.29, 1.82) is 0 Å². The van der Waals surface area contributed by atoms with E-state index >= 15 is 0 Å². The number of sulfone groups is 1. The van der Waals surface area contributed by atoms with E-state index in [1.54, 1.807) is 0 Å². The second kappa shape index (κ2) is 6.52. The monoisotopic (exact) mass is 319 g/mol. The Morgan fingerprint density at radius 1 is 1.29 bits per heavy atom. The molecule has 0 aliphatic carbocycles. The summed E-state index contributed by atoms with van der Waals surface area (Å²) in [4.78, 5) is 0. The molecule has 0 radical (unpaired) electrons. The smallest absolute Gasteiger partial charge is 0.148 e. The van der Waals surface area contributed by atoms with Gasteiger partial charge in [-0.05, 0) is 31.0 Å². The third kappa shape index (κ3) is 6.81. The zero-order valence-electron chi connectivity index (χ0n) is 10.1. The second-order valence-corrected chi connectivity index (χ2v) is 7.49. The van der Waals surface area contributed by atoms with E-state index in [0.717, 1.165) is 10.9 Å². The van der Waals surface area contributed by atoms with Gasteiger partial charge in [0, 0.05) is 23.3 Å². The lowest BCUT2D eigenvalue weighted by Gasteiger charge is -2.13. The summed E-state index contributed by atoms with van der Waals surface area (Å²) >= 11 is 3.39. The van der Waals surface area contributed by atoms with Crippen molar-refractivity contribution in [2.45, 2.75) is 19.4 Å². The van der Waals surface area contributed by atoms with Gasteiger partial charge in [0.2, 0.25) is 0 Å². The average Bonchev–Trinajstić information content (AvgIpc) is 2.19. The Kier molecular flexibility index (Phi) is 5.62. The minimum Gasteiger partial charge on any atom is -0.313 e. The fourth-order valence-electron chi connectivity index (χ4n) is 1.54. The van der Waals surface area contributed by atoms with E-state index < -0.39 is 9.84 Å². The molecule has 0 heterocycles. The number of hydrogen-bond acceptors (Lipinski definition) is 3. The predicted octanol–water partition coefficient (Wildman–Crippen LogP) is 2.01. The fourth-order valence-corrected chi connectivity index (χ4v) is 2.29. The van der Waals surface area contributed by atoms with Crippen LogP contribution in [0.3, 0.4) is 0 Å². The predicted molar refractivity (Wildman–Crippen MR) is 75.0 cm³/mol. The molecule has 96 valence electrons. The molecule has 0 saturated heterocycles. The Bertz CT molecular complexity index is 442. The van der Waals surface area contributed by atoms with Crippen molar-refractivity contribution in [3.8, 4) is 0 Å². The molecular formula is C12H18BrNO2S. The van der Waals surface area contributed by atoms with Crippen LogP contribution in [0.4, 0.5) is 0 Å². The first-order valence-corrected chi connectivity index (χ1v) is 8.38. The van der Waals surface area contributed by atoms with Gasteiger partial charge in [-0.15, -0.1) is 0 Å². The topological polar surface area (TPSA) is 46.2 Å². The van der Waals surface area contributed by atoms with Gasteiger partial charge >= 0.3 is 0 Å². The molecule has 0 aromatic heterocycles. The van der Waals surface area contributed by atoms with Crippen molar-refractivity contribution >= 4 is 25.8 Å². The molecule has 1 aromatic rings. The van der Waals surface area contributed by atoms with E-state index in [1.165, 1.54) is 11.8 Å². The molecule has 17 heavy (non-hydrogen) atoms. The van der Waals surface area contributed by atoms with Crippen LogP contribution in [0.15, 0.2) is 28.7 Å². The van der Waals surface area contributed by atoms with Gasteiger partial charge in [0.1, 0.15) is 9.84 Å². The quantitative estimate of drug-likeness (QED) is 0.872. The van der Waals surface area contributed by atoms with Crippen LogP contribution < -0.4 is 5.32 Å². The van der Waals surface area contributed by atoms with Crippen LogP contribution in [0, 0.1) is 0 Å². The molecule has 0 aliphatic heterocycles. The molecule has 0 aliphatic rings. The lowest BCUT2D eigenvalue weighted by molar-refractivity contribution is 0.556. The van der Waals surface area contributed by atoms with Crippen LogP contribution in [0.1, 0.15) is 12.5 Å². The zero-order chi connectivity index (χ0) is 12.9. The highest BCUT2D eigenvalue weighted by atomic mass is 79.9. The summed E-state index contributed by atoms with van der Waals surface area (Å²) in [5.74, 6) is 0.192. The van der Waals surface area contributed by atoms with Crippen LogP contribution in [0.2, 0.25) is 0 Å². The molecule has 0 bridgehead atoms. The number of benzene rings is 1. The third-order valence-corrected chi connectivity index (χ3v) is 3.90. The van der Waals surface area contributed by atoms with E-state index in [0.29, 0.717) is 6.54 Å². The minimum absolute atomic E-state index is 0.192. The Hall–Kier alpha value is -0.390. The van der Waals surface area contributed by atoms with Gasteiger partial charge in [-0.3, -0.25) is 0 Å². The first-order valence-electron chi connectivity index (χ1n) is 5.52. The number of nitrogens with one attached hydrogen (secondary N) is 1. The summed E-state index contributed by atoms with van der Waals surface area (Å²) in [6.07, 6.45) is 2.16. The SMILES string of the molecule is C[C@@H](Cc1ccc(Br)cc1)NCCS(C)(=O)=O. The van der Waals surface area contributed by atoms with Crippen molar-refractivity contribution in [1.82, 2.24) is 5.32 Å². The molecular weight excluding hydrogens is 302 g/mol. The van der Waals surface area contributed by atoms with Crippen molar-refractivity contribution in [3.05, 3.63) is 34.3 Å². The summed E-state index contributed by atoms with van der Waals surface area (Å²) in [6.45, 7) is 2.57. The number of rotatable bonds is 6. The summed E-state index contributed by atoms with van der Waals surface area (Å²) < 4.78 is 23.0. The zero-order valence-corrected chi connectivity index (χ0v) is 12.5. The first kappa shape index (κ1) is 14.7. The van der Waals surface area contributed by atoms with Crippen molar-refractivity contribution in [2.75, 3.05) is 18.6 Å². The first-order chi connectivity index (χ1) is 7.87. The number of hydrogen-bond donors (Lipinski definition) is 1. The van der Waals surface area contributed by atoms with Crippen molar-refractivity contribution < 1.29 is 8.42 Å². The van der Waals surface area contributed by atoms with E-state index in [2.05, 4.69) is 40.3 Å². The summed E-state index contributed by atoms with van der Waals surface area (Å²) in [6, 6.07) is 8.44. The maximum atomic E-state index is 11.0. The van der Waals surface area contributed by atoms with Gasteiger partial charge in [-0.1, -0.05) is 28.1 Å². The molecule has 0 amide bonds. The second-order valence-electron chi connectivity index (χ2n) is 4.32. The molecule has 5 heteroatoms. The Labute approximate surface area is 112 Å². The van der Waals surface area contributed by atoms with Gasteiger partial charge in [0.15, 0.2) is 0 Å². The highest BCUT2D eigenvalue weighted by molar-refractivity contribution is 9.10. The maximum absolute atomic E-state index is 11.0. The van der Waals surface area contributed by atoms with Crippen molar-refractivity contribution in [2.24, 2.45) is 0 Å². The van der Waals surface area contributed by atoms with Crippen LogP contribution in [0.25, 0.3) is 0 Å².